The number of hydrogen-bond acceptors (Lipinski definition) is 2. The molecular formula is C9H12N2. The van der Waals surface area contributed by atoms with Crippen LogP contribution < -0.4 is 4.90 Å². The van der Waals surface area contributed by atoms with Gasteiger partial charge in [0.25, 0.3) is 0 Å². The van der Waals surface area contributed by atoms with E-state index in [0.717, 1.165) is 13.0 Å². The van der Waals surface area contributed by atoms with E-state index in [1.54, 1.807) is 0 Å². The smallest absolute Gasteiger partial charge is 0.0654 e. The summed E-state index contributed by atoms with van der Waals surface area (Å²) >= 11 is 0. The Balaban J connectivity index is 2.52. The summed E-state index contributed by atoms with van der Waals surface area (Å²) in [6.07, 6.45) is 3.05. The van der Waals surface area contributed by atoms with Crippen molar-refractivity contribution >= 4 is 5.69 Å². The summed E-state index contributed by atoms with van der Waals surface area (Å²) in [7, 11) is 2.12. The summed E-state index contributed by atoms with van der Waals surface area (Å²) in [6, 6.07) is 2.20. The van der Waals surface area contributed by atoms with E-state index in [2.05, 4.69) is 29.9 Å². The Bertz CT molecular complexity index is 281. The lowest BCUT2D eigenvalue weighted by molar-refractivity contribution is 0.943. The van der Waals surface area contributed by atoms with E-state index in [0.29, 0.717) is 0 Å². The predicted molar refractivity (Wildman–Crippen MR) is 45.9 cm³/mol. The van der Waals surface area contributed by atoms with Gasteiger partial charge in [0, 0.05) is 26.2 Å². The molecular weight excluding hydrogens is 136 g/mol. The molecule has 1 aliphatic heterocycles. The largest absolute Gasteiger partial charge is 0.373 e. The normalized spacial score (nSPS) is 15.3. The fourth-order valence-corrected chi connectivity index (χ4v) is 1.50. The average molecular weight is 148 g/mol. The van der Waals surface area contributed by atoms with Crippen molar-refractivity contribution in [3.05, 3.63) is 23.5 Å². The molecule has 0 unspecified atom stereocenters. The zero-order chi connectivity index (χ0) is 7.84. The van der Waals surface area contributed by atoms with Gasteiger partial charge in [-0.05, 0) is 18.6 Å². The number of nitrogens with zero attached hydrogens (tertiary/aromatic N) is 2. The standard InChI is InChI=1S/C9H12N2/c1-7-5-9-8(10-6-7)3-4-11(9)2/h5-6H,3-4H2,1-2H3. The first-order valence-corrected chi connectivity index (χ1v) is 3.94. The maximum atomic E-state index is 4.37. The Morgan fingerprint density at radius 3 is 3.18 bits per heavy atom. The first-order valence-electron chi connectivity index (χ1n) is 3.94. The van der Waals surface area contributed by atoms with Crippen molar-refractivity contribution in [3.8, 4) is 0 Å². The Kier molecular flexibility index (Phi) is 1.34. The fraction of sp³-hybridized carbons (Fsp3) is 0.444. The summed E-state index contributed by atoms with van der Waals surface area (Å²) in [4.78, 5) is 6.63. The molecule has 0 fully saturated rings. The predicted octanol–water partition coefficient (Wildman–Crippen LogP) is 1.38. The van der Waals surface area contributed by atoms with Gasteiger partial charge in [0.05, 0.1) is 11.4 Å². The zero-order valence-corrected chi connectivity index (χ0v) is 6.96. The SMILES string of the molecule is Cc1cnc2c(c1)N(C)CC2. The van der Waals surface area contributed by atoms with Crippen molar-refractivity contribution in [1.82, 2.24) is 4.98 Å². The lowest BCUT2D eigenvalue weighted by Gasteiger charge is -2.10. The number of hydrogen-bond donors (Lipinski definition) is 0. The van der Waals surface area contributed by atoms with Crippen LogP contribution in [0.3, 0.4) is 0 Å². The monoisotopic (exact) mass is 148 g/mol. The van der Waals surface area contributed by atoms with Crippen LogP contribution in [0.15, 0.2) is 12.3 Å². The van der Waals surface area contributed by atoms with Crippen molar-refractivity contribution in [2.75, 3.05) is 18.5 Å². The van der Waals surface area contributed by atoms with Crippen molar-refractivity contribution in [3.63, 3.8) is 0 Å². The van der Waals surface area contributed by atoms with Gasteiger partial charge in [-0.3, -0.25) is 4.98 Å². The van der Waals surface area contributed by atoms with Crippen LogP contribution in [0.2, 0.25) is 0 Å². The van der Waals surface area contributed by atoms with E-state index in [9.17, 15) is 0 Å². The molecule has 0 atom stereocenters. The molecule has 1 aliphatic rings. The highest BCUT2D eigenvalue weighted by molar-refractivity contribution is 5.55. The molecule has 0 radical (unpaired) electrons. The molecule has 0 saturated carbocycles. The van der Waals surface area contributed by atoms with Gasteiger partial charge >= 0.3 is 0 Å². The van der Waals surface area contributed by atoms with E-state index >= 15 is 0 Å². The average Bonchev–Trinajstić information content (AvgIpc) is 2.33. The van der Waals surface area contributed by atoms with Crippen LogP contribution in [0.1, 0.15) is 11.3 Å². The third-order valence-corrected chi connectivity index (χ3v) is 2.18. The van der Waals surface area contributed by atoms with Crippen LogP contribution in [-0.2, 0) is 6.42 Å². The van der Waals surface area contributed by atoms with Gasteiger partial charge in [-0.25, -0.2) is 0 Å². The molecule has 2 heterocycles. The quantitative estimate of drug-likeness (QED) is 0.552. The van der Waals surface area contributed by atoms with Gasteiger partial charge in [-0.2, -0.15) is 0 Å². The highest BCUT2D eigenvalue weighted by atomic mass is 15.1. The number of likely N-dealkylation sites (N-methyl/N-ethyl adjacent to an activating group) is 1. The molecule has 2 rings (SSSR count). The molecule has 0 N–H and O–H groups in total. The molecule has 0 amide bonds. The van der Waals surface area contributed by atoms with Crippen molar-refractivity contribution in [2.24, 2.45) is 0 Å². The van der Waals surface area contributed by atoms with E-state index in [1.165, 1.54) is 16.9 Å². The van der Waals surface area contributed by atoms with Crippen LogP contribution in [0.25, 0.3) is 0 Å². The molecule has 0 saturated heterocycles. The van der Waals surface area contributed by atoms with Gasteiger partial charge in [0.15, 0.2) is 0 Å². The fourth-order valence-electron chi connectivity index (χ4n) is 1.50. The molecule has 0 aliphatic carbocycles. The summed E-state index contributed by atoms with van der Waals surface area (Å²) < 4.78 is 0. The first-order chi connectivity index (χ1) is 5.27. The molecule has 2 heteroatoms. The number of fused-ring (bicyclic) bond motifs is 1. The van der Waals surface area contributed by atoms with Crippen molar-refractivity contribution in [2.45, 2.75) is 13.3 Å². The molecule has 11 heavy (non-hydrogen) atoms. The number of anilines is 1. The molecule has 58 valence electrons. The summed E-state index contributed by atoms with van der Waals surface area (Å²) in [5.74, 6) is 0. The highest BCUT2D eigenvalue weighted by Gasteiger charge is 2.15. The van der Waals surface area contributed by atoms with Crippen LogP contribution in [0, 0.1) is 6.92 Å². The third-order valence-electron chi connectivity index (χ3n) is 2.18. The maximum absolute atomic E-state index is 4.37. The number of aromatic nitrogens is 1. The van der Waals surface area contributed by atoms with Gasteiger partial charge in [-0.1, -0.05) is 0 Å². The van der Waals surface area contributed by atoms with Crippen molar-refractivity contribution in [1.29, 1.82) is 0 Å². The second-order valence-corrected chi connectivity index (χ2v) is 3.15. The molecule has 2 nitrogen and oxygen atoms in total. The Morgan fingerprint density at radius 2 is 2.36 bits per heavy atom. The number of rotatable bonds is 0. The van der Waals surface area contributed by atoms with Gasteiger partial charge in [-0.15, -0.1) is 0 Å². The van der Waals surface area contributed by atoms with Crippen LogP contribution >= 0.6 is 0 Å². The van der Waals surface area contributed by atoms with Crippen LogP contribution in [0.5, 0.6) is 0 Å². The lowest BCUT2D eigenvalue weighted by atomic mass is 10.2. The highest BCUT2D eigenvalue weighted by Crippen LogP contribution is 2.24. The van der Waals surface area contributed by atoms with Gasteiger partial charge < -0.3 is 4.90 Å². The molecule has 1 aromatic heterocycles. The topological polar surface area (TPSA) is 16.1 Å². The summed E-state index contributed by atoms with van der Waals surface area (Å²) in [5.41, 5.74) is 3.81. The van der Waals surface area contributed by atoms with E-state index in [4.69, 9.17) is 0 Å². The number of aryl methyl sites for hydroxylation is 1. The van der Waals surface area contributed by atoms with E-state index in [1.807, 2.05) is 6.20 Å². The maximum Gasteiger partial charge on any atom is 0.0654 e. The third kappa shape index (κ3) is 0.985. The Morgan fingerprint density at radius 1 is 1.55 bits per heavy atom. The minimum absolute atomic E-state index is 1.10. The lowest BCUT2D eigenvalue weighted by Crippen LogP contribution is -2.12. The second-order valence-electron chi connectivity index (χ2n) is 3.15. The van der Waals surface area contributed by atoms with Crippen LogP contribution in [0.4, 0.5) is 5.69 Å². The minimum Gasteiger partial charge on any atom is -0.373 e. The second kappa shape index (κ2) is 2.22. The Labute approximate surface area is 66.9 Å². The summed E-state index contributed by atoms with van der Waals surface area (Å²) in [5, 5.41) is 0. The van der Waals surface area contributed by atoms with Crippen LogP contribution in [-0.4, -0.2) is 18.6 Å². The molecule has 1 aromatic rings. The molecule has 0 spiro atoms. The Hall–Kier alpha value is -1.05. The van der Waals surface area contributed by atoms with Gasteiger partial charge in [0.1, 0.15) is 0 Å². The minimum atomic E-state index is 1.10. The summed E-state index contributed by atoms with van der Waals surface area (Å²) in [6.45, 7) is 3.20. The molecule has 0 aromatic carbocycles. The van der Waals surface area contributed by atoms with E-state index in [-0.39, 0.29) is 0 Å². The molecule has 0 bridgehead atoms. The zero-order valence-electron chi connectivity index (χ0n) is 6.96. The van der Waals surface area contributed by atoms with Gasteiger partial charge in [0.2, 0.25) is 0 Å². The van der Waals surface area contributed by atoms with E-state index < -0.39 is 0 Å². The number of pyridine rings is 1. The first kappa shape index (κ1) is 6.65. The van der Waals surface area contributed by atoms with Crippen molar-refractivity contribution < 1.29 is 0 Å².